The summed E-state index contributed by atoms with van der Waals surface area (Å²) in [5.74, 6) is 0.0756. The van der Waals surface area contributed by atoms with Crippen molar-refractivity contribution in [2.75, 3.05) is 25.6 Å². The Kier molecular flexibility index (Phi) is 3.41. The number of nitrogens with zero attached hydrogens (tertiary/aromatic N) is 3. The standard InChI is InChI=1S/C13H15N3O2/c1-4-18-13(17)11-12(16(2)3)15-10-8-6-5-7-9(10)14-11/h5-8H,4H2,1-3H3. The van der Waals surface area contributed by atoms with Crippen LogP contribution in [0.4, 0.5) is 5.82 Å². The van der Waals surface area contributed by atoms with E-state index in [0.717, 1.165) is 5.52 Å². The second-order valence-corrected chi connectivity index (χ2v) is 4.00. The monoisotopic (exact) mass is 245 g/mol. The first-order valence-electron chi connectivity index (χ1n) is 5.74. The first kappa shape index (κ1) is 12.3. The summed E-state index contributed by atoms with van der Waals surface area (Å²) < 4.78 is 5.00. The van der Waals surface area contributed by atoms with Gasteiger partial charge in [-0.2, -0.15) is 0 Å². The van der Waals surface area contributed by atoms with Gasteiger partial charge in [-0.3, -0.25) is 0 Å². The van der Waals surface area contributed by atoms with Crippen molar-refractivity contribution in [3.8, 4) is 0 Å². The Bertz CT molecular complexity index is 581. The quantitative estimate of drug-likeness (QED) is 0.773. The SMILES string of the molecule is CCOC(=O)c1nc2ccccc2nc1N(C)C. The van der Waals surface area contributed by atoms with Gasteiger partial charge in [-0.15, -0.1) is 0 Å². The molecule has 0 aliphatic rings. The van der Waals surface area contributed by atoms with Crippen LogP contribution in [0.5, 0.6) is 0 Å². The zero-order valence-electron chi connectivity index (χ0n) is 10.7. The minimum atomic E-state index is -0.445. The Labute approximate surface area is 105 Å². The van der Waals surface area contributed by atoms with E-state index in [-0.39, 0.29) is 5.69 Å². The number of rotatable bonds is 3. The third kappa shape index (κ3) is 2.25. The molecular weight excluding hydrogens is 230 g/mol. The third-order valence-electron chi connectivity index (χ3n) is 2.44. The molecule has 0 aliphatic heterocycles. The number of hydrogen-bond acceptors (Lipinski definition) is 5. The maximum Gasteiger partial charge on any atom is 0.360 e. The normalized spacial score (nSPS) is 10.4. The zero-order chi connectivity index (χ0) is 13.1. The van der Waals surface area contributed by atoms with E-state index in [9.17, 15) is 4.79 Å². The van der Waals surface area contributed by atoms with Crippen molar-refractivity contribution in [1.82, 2.24) is 9.97 Å². The van der Waals surface area contributed by atoms with E-state index in [0.29, 0.717) is 17.9 Å². The van der Waals surface area contributed by atoms with Crippen LogP contribution < -0.4 is 4.90 Å². The Hall–Kier alpha value is -2.17. The average molecular weight is 245 g/mol. The fourth-order valence-corrected chi connectivity index (χ4v) is 1.64. The smallest absolute Gasteiger partial charge is 0.360 e. The number of benzene rings is 1. The fraction of sp³-hybridized carbons (Fsp3) is 0.308. The van der Waals surface area contributed by atoms with E-state index in [1.807, 2.05) is 38.4 Å². The summed E-state index contributed by atoms with van der Waals surface area (Å²) in [7, 11) is 3.64. The molecule has 94 valence electrons. The molecule has 1 heterocycles. The van der Waals surface area contributed by atoms with E-state index in [2.05, 4.69) is 9.97 Å². The van der Waals surface area contributed by atoms with Gasteiger partial charge in [-0.1, -0.05) is 12.1 Å². The van der Waals surface area contributed by atoms with Crippen LogP contribution in [0.3, 0.4) is 0 Å². The number of ether oxygens (including phenoxy) is 1. The van der Waals surface area contributed by atoms with Crippen LogP contribution in [0.25, 0.3) is 11.0 Å². The third-order valence-corrected chi connectivity index (χ3v) is 2.44. The van der Waals surface area contributed by atoms with Crippen LogP contribution in [0, 0.1) is 0 Å². The topological polar surface area (TPSA) is 55.3 Å². The molecule has 0 radical (unpaired) electrons. The van der Waals surface area contributed by atoms with Gasteiger partial charge >= 0.3 is 5.97 Å². The molecule has 0 amide bonds. The number of hydrogen-bond donors (Lipinski definition) is 0. The molecule has 0 bridgehead atoms. The van der Waals surface area contributed by atoms with Gasteiger partial charge in [0.1, 0.15) is 0 Å². The van der Waals surface area contributed by atoms with Crippen molar-refractivity contribution < 1.29 is 9.53 Å². The lowest BCUT2D eigenvalue weighted by Gasteiger charge is -2.15. The zero-order valence-corrected chi connectivity index (χ0v) is 10.7. The van der Waals surface area contributed by atoms with Crippen molar-refractivity contribution in [3.05, 3.63) is 30.0 Å². The van der Waals surface area contributed by atoms with Crippen molar-refractivity contribution >= 4 is 22.8 Å². The Balaban J connectivity index is 2.61. The molecule has 0 saturated heterocycles. The average Bonchev–Trinajstić information content (AvgIpc) is 2.37. The molecule has 0 atom stereocenters. The molecular formula is C13H15N3O2. The maximum absolute atomic E-state index is 11.9. The predicted molar refractivity (Wildman–Crippen MR) is 69.8 cm³/mol. The van der Waals surface area contributed by atoms with Gasteiger partial charge in [0.15, 0.2) is 11.5 Å². The molecule has 0 unspecified atom stereocenters. The van der Waals surface area contributed by atoms with Crippen molar-refractivity contribution in [2.24, 2.45) is 0 Å². The number of aromatic nitrogens is 2. The van der Waals surface area contributed by atoms with Gasteiger partial charge in [-0.05, 0) is 19.1 Å². The number of anilines is 1. The summed E-state index contributed by atoms with van der Waals surface area (Å²) in [6, 6.07) is 7.44. The van der Waals surface area contributed by atoms with Crippen molar-refractivity contribution in [1.29, 1.82) is 0 Å². The van der Waals surface area contributed by atoms with Crippen LogP contribution in [0.15, 0.2) is 24.3 Å². The highest BCUT2D eigenvalue weighted by atomic mass is 16.5. The Morgan fingerprint density at radius 2 is 1.83 bits per heavy atom. The summed E-state index contributed by atoms with van der Waals surface area (Å²) in [5, 5.41) is 0. The van der Waals surface area contributed by atoms with Gasteiger partial charge in [0.05, 0.1) is 17.6 Å². The summed E-state index contributed by atoms with van der Waals surface area (Å²) >= 11 is 0. The van der Waals surface area contributed by atoms with Gasteiger partial charge in [-0.25, -0.2) is 14.8 Å². The summed E-state index contributed by atoms with van der Waals surface area (Å²) in [5.41, 5.74) is 1.70. The summed E-state index contributed by atoms with van der Waals surface area (Å²) in [6.07, 6.45) is 0. The molecule has 18 heavy (non-hydrogen) atoms. The largest absolute Gasteiger partial charge is 0.461 e. The van der Waals surface area contributed by atoms with E-state index < -0.39 is 5.97 Å². The first-order chi connectivity index (χ1) is 8.63. The van der Waals surface area contributed by atoms with E-state index >= 15 is 0 Å². The number of carbonyl (C=O) groups excluding carboxylic acids is 1. The summed E-state index contributed by atoms with van der Waals surface area (Å²) in [4.78, 5) is 22.4. The van der Waals surface area contributed by atoms with Gasteiger partial charge in [0.25, 0.3) is 0 Å². The molecule has 1 aromatic heterocycles. The highest BCUT2D eigenvalue weighted by Crippen LogP contribution is 2.19. The van der Waals surface area contributed by atoms with Gasteiger partial charge < -0.3 is 9.64 Å². The molecule has 0 fully saturated rings. The number of carbonyl (C=O) groups is 1. The fourth-order valence-electron chi connectivity index (χ4n) is 1.64. The minimum absolute atomic E-state index is 0.251. The Morgan fingerprint density at radius 3 is 2.39 bits per heavy atom. The Morgan fingerprint density at radius 1 is 1.22 bits per heavy atom. The predicted octanol–water partition coefficient (Wildman–Crippen LogP) is 1.87. The lowest BCUT2D eigenvalue weighted by Crippen LogP contribution is -2.19. The first-order valence-corrected chi connectivity index (χ1v) is 5.74. The molecule has 5 heteroatoms. The molecule has 0 aliphatic carbocycles. The van der Waals surface area contributed by atoms with Crippen LogP contribution in [-0.2, 0) is 4.74 Å². The highest BCUT2D eigenvalue weighted by molar-refractivity contribution is 5.95. The maximum atomic E-state index is 11.9. The molecule has 0 saturated carbocycles. The number of para-hydroxylation sites is 2. The van der Waals surface area contributed by atoms with Crippen LogP contribution in [0.2, 0.25) is 0 Å². The van der Waals surface area contributed by atoms with Gasteiger partial charge in [0, 0.05) is 14.1 Å². The lowest BCUT2D eigenvalue weighted by molar-refractivity contribution is 0.0520. The van der Waals surface area contributed by atoms with Crippen LogP contribution in [-0.4, -0.2) is 36.6 Å². The van der Waals surface area contributed by atoms with Crippen molar-refractivity contribution in [3.63, 3.8) is 0 Å². The van der Waals surface area contributed by atoms with Crippen LogP contribution >= 0.6 is 0 Å². The molecule has 1 aromatic carbocycles. The van der Waals surface area contributed by atoms with Gasteiger partial charge in [0.2, 0.25) is 0 Å². The number of esters is 1. The highest BCUT2D eigenvalue weighted by Gasteiger charge is 2.18. The molecule has 2 aromatic rings. The molecule has 0 spiro atoms. The van der Waals surface area contributed by atoms with E-state index in [4.69, 9.17) is 4.74 Å². The second kappa shape index (κ2) is 5.00. The lowest BCUT2D eigenvalue weighted by atomic mass is 10.2. The number of fused-ring (bicyclic) bond motifs is 1. The van der Waals surface area contributed by atoms with Crippen LogP contribution in [0.1, 0.15) is 17.4 Å². The second-order valence-electron chi connectivity index (χ2n) is 4.00. The van der Waals surface area contributed by atoms with Crippen molar-refractivity contribution in [2.45, 2.75) is 6.92 Å². The minimum Gasteiger partial charge on any atom is -0.461 e. The summed E-state index contributed by atoms with van der Waals surface area (Å²) in [6.45, 7) is 2.09. The van der Waals surface area contributed by atoms with E-state index in [1.165, 1.54) is 0 Å². The van der Waals surface area contributed by atoms with E-state index in [1.54, 1.807) is 11.8 Å². The molecule has 5 nitrogen and oxygen atoms in total. The molecule has 0 N–H and O–H groups in total. The molecule has 2 rings (SSSR count).